The third-order valence-corrected chi connectivity index (χ3v) is 6.53. The predicted octanol–water partition coefficient (Wildman–Crippen LogP) is 2.16. The molecule has 7 nitrogen and oxygen atoms in total. The Morgan fingerprint density at radius 1 is 1.45 bits per heavy atom. The van der Waals surface area contributed by atoms with Crippen molar-refractivity contribution in [2.45, 2.75) is 36.4 Å². The van der Waals surface area contributed by atoms with Gasteiger partial charge in [-0.25, -0.2) is 13.1 Å². The lowest BCUT2D eigenvalue weighted by Crippen LogP contribution is -2.32. The number of hydrogen-bond donors (Lipinski definition) is 2. The number of anilines is 1. The van der Waals surface area contributed by atoms with Gasteiger partial charge in [0, 0.05) is 19.2 Å². The first-order chi connectivity index (χ1) is 9.33. The van der Waals surface area contributed by atoms with Crippen LogP contribution in [0.25, 0.3) is 0 Å². The molecule has 9 heteroatoms. The Morgan fingerprint density at radius 2 is 2.15 bits per heavy atom. The topological polar surface area (TPSA) is 101 Å². The summed E-state index contributed by atoms with van der Waals surface area (Å²) in [6.45, 7) is 2.09. The smallest absolute Gasteiger partial charge is 0.304 e. The van der Waals surface area contributed by atoms with Crippen LogP contribution in [0.2, 0.25) is 0 Å². The highest BCUT2D eigenvalue weighted by atomic mass is 32.2. The van der Waals surface area contributed by atoms with Crippen LogP contribution in [0.5, 0.6) is 0 Å². The van der Waals surface area contributed by atoms with Gasteiger partial charge in [0.2, 0.25) is 0 Å². The number of nitrogens with zero attached hydrogens (tertiary/aromatic N) is 1. The minimum absolute atomic E-state index is 0.0203. The van der Waals surface area contributed by atoms with E-state index in [1.165, 1.54) is 7.05 Å². The van der Waals surface area contributed by atoms with Crippen LogP contribution in [-0.4, -0.2) is 26.4 Å². The molecule has 1 aliphatic rings. The Hall–Kier alpha value is -1.19. The number of thiophene rings is 1. The summed E-state index contributed by atoms with van der Waals surface area (Å²) in [7, 11) is -2.16. The molecule has 112 valence electrons. The Morgan fingerprint density at radius 3 is 2.60 bits per heavy atom. The van der Waals surface area contributed by atoms with Crippen LogP contribution in [0.3, 0.4) is 0 Å². The van der Waals surface area contributed by atoms with Gasteiger partial charge in [-0.2, -0.15) is 0 Å². The third-order valence-electron chi connectivity index (χ3n) is 3.40. The maximum atomic E-state index is 12.2. The molecule has 0 aromatic carbocycles. The maximum absolute atomic E-state index is 12.2. The van der Waals surface area contributed by atoms with Gasteiger partial charge in [0.05, 0.1) is 4.92 Å². The second-order valence-electron chi connectivity index (χ2n) is 5.02. The molecule has 0 aliphatic heterocycles. The largest absolute Gasteiger partial charge is 0.374 e. The van der Waals surface area contributed by atoms with E-state index in [2.05, 4.69) is 17.0 Å². The quantitative estimate of drug-likeness (QED) is 0.639. The highest BCUT2D eigenvalue weighted by molar-refractivity contribution is 7.91. The van der Waals surface area contributed by atoms with Crippen molar-refractivity contribution in [2.24, 2.45) is 5.92 Å². The Balaban J connectivity index is 2.23. The fourth-order valence-corrected chi connectivity index (χ4v) is 4.98. The van der Waals surface area contributed by atoms with E-state index in [1.807, 2.05) is 0 Å². The first kappa shape index (κ1) is 15.2. The summed E-state index contributed by atoms with van der Waals surface area (Å²) in [6.07, 6.45) is 2.62. The fourth-order valence-electron chi connectivity index (χ4n) is 2.40. The van der Waals surface area contributed by atoms with E-state index in [9.17, 15) is 18.5 Å². The summed E-state index contributed by atoms with van der Waals surface area (Å²) in [4.78, 5) is 10.3. The summed E-state index contributed by atoms with van der Waals surface area (Å²) < 4.78 is 27.1. The van der Waals surface area contributed by atoms with Crippen LogP contribution in [0, 0.1) is 16.0 Å². The highest BCUT2D eigenvalue weighted by Crippen LogP contribution is 2.37. The van der Waals surface area contributed by atoms with Gasteiger partial charge >= 0.3 is 5.69 Å². The molecule has 1 fully saturated rings. The van der Waals surface area contributed by atoms with Crippen molar-refractivity contribution in [1.82, 2.24) is 4.72 Å². The summed E-state index contributed by atoms with van der Waals surface area (Å²) >= 11 is 0.876. The van der Waals surface area contributed by atoms with Crippen molar-refractivity contribution in [3.63, 3.8) is 0 Å². The van der Waals surface area contributed by atoms with Crippen LogP contribution < -0.4 is 10.0 Å². The molecule has 0 spiro atoms. The van der Waals surface area contributed by atoms with Crippen LogP contribution >= 0.6 is 11.3 Å². The van der Waals surface area contributed by atoms with Crippen LogP contribution in [0.4, 0.5) is 10.7 Å². The molecule has 2 N–H and O–H groups in total. The van der Waals surface area contributed by atoms with Gasteiger partial charge in [-0.15, -0.1) is 0 Å². The lowest BCUT2D eigenvalue weighted by atomic mass is 10.1. The molecule has 2 rings (SSSR count). The van der Waals surface area contributed by atoms with Gasteiger partial charge < -0.3 is 5.32 Å². The molecule has 1 aliphatic carbocycles. The molecule has 2 unspecified atom stereocenters. The van der Waals surface area contributed by atoms with E-state index in [0.717, 1.165) is 36.7 Å². The van der Waals surface area contributed by atoms with E-state index in [4.69, 9.17) is 0 Å². The van der Waals surface area contributed by atoms with E-state index >= 15 is 0 Å². The zero-order valence-electron chi connectivity index (χ0n) is 11.3. The predicted molar refractivity (Wildman–Crippen MR) is 77.6 cm³/mol. The highest BCUT2D eigenvalue weighted by Gasteiger charge is 2.30. The second kappa shape index (κ2) is 5.66. The molecule has 0 bridgehead atoms. The van der Waals surface area contributed by atoms with Gasteiger partial charge in [0.15, 0.2) is 5.00 Å². The van der Waals surface area contributed by atoms with Gasteiger partial charge in [0.1, 0.15) is 4.21 Å². The van der Waals surface area contributed by atoms with Crippen molar-refractivity contribution in [3.05, 3.63) is 16.2 Å². The second-order valence-corrected chi connectivity index (χ2v) is 8.02. The molecule has 20 heavy (non-hydrogen) atoms. The molecule has 1 aromatic rings. The lowest BCUT2D eigenvalue weighted by molar-refractivity contribution is -0.383. The van der Waals surface area contributed by atoms with E-state index in [0.29, 0.717) is 5.92 Å². The number of hydrogen-bond acceptors (Lipinski definition) is 6. The van der Waals surface area contributed by atoms with Crippen LogP contribution in [0.15, 0.2) is 10.3 Å². The van der Waals surface area contributed by atoms with E-state index in [1.54, 1.807) is 0 Å². The monoisotopic (exact) mass is 319 g/mol. The molecule has 1 saturated carbocycles. The van der Waals surface area contributed by atoms with Crippen molar-refractivity contribution >= 4 is 32.0 Å². The molecular weight excluding hydrogens is 302 g/mol. The molecule has 2 atom stereocenters. The lowest BCUT2D eigenvalue weighted by Gasteiger charge is -2.11. The Labute approximate surface area is 121 Å². The Bertz CT molecular complexity index is 611. The SMILES string of the molecule is CNc1sc(S(=O)(=O)NC2CCC(C)C2)cc1[N+](=O)[O-]. The minimum Gasteiger partial charge on any atom is -0.374 e. The normalized spacial score (nSPS) is 22.9. The number of sulfonamides is 1. The standard InChI is InChI=1S/C11H17N3O4S2/c1-7-3-4-8(5-7)13-20(17,18)10-6-9(14(15)16)11(12-2)19-10/h6-8,12-13H,3-5H2,1-2H3. The van der Waals surface area contributed by atoms with Crippen LogP contribution in [-0.2, 0) is 10.0 Å². The first-order valence-electron chi connectivity index (χ1n) is 6.31. The molecule has 1 heterocycles. The number of nitro groups is 1. The zero-order chi connectivity index (χ0) is 14.9. The van der Waals surface area contributed by atoms with E-state index in [-0.39, 0.29) is 20.9 Å². The molecule has 0 saturated heterocycles. The van der Waals surface area contributed by atoms with Gasteiger partial charge in [0.25, 0.3) is 10.0 Å². The summed E-state index contributed by atoms with van der Waals surface area (Å²) in [6, 6.07) is 1.03. The van der Waals surface area contributed by atoms with Gasteiger partial charge in [-0.3, -0.25) is 10.1 Å². The van der Waals surface area contributed by atoms with Crippen molar-refractivity contribution in [2.75, 3.05) is 12.4 Å². The molecule has 0 amide bonds. The van der Waals surface area contributed by atoms with Gasteiger partial charge in [-0.05, 0) is 25.2 Å². The third kappa shape index (κ3) is 3.10. The average Bonchev–Trinajstić information content (AvgIpc) is 2.95. The van der Waals surface area contributed by atoms with Crippen molar-refractivity contribution in [3.8, 4) is 0 Å². The number of rotatable bonds is 5. The molecular formula is C11H17N3O4S2. The summed E-state index contributed by atoms with van der Waals surface area (Å²) in [5, 5.41) is 13.8. The van der Waals surface area contributed by atoms with Crippen molar-refractivity contribution in [1.29, 1.82) is 0 Å². The van der Waals surface area contributed by atoms with Crippen molar-refractivity contribution < 1.29 is 13.3 Å². The molecule has 0 radical (unpaired) electrons. The van der Waals surface area contributed by atoms with Gasteiger partial charge in [-0.1, -0.05) is 18.3 Å². The summed E-state index contributed by atoms with van der Waals surface area (Å²) in [5.41, 5.74) is -0.210. The maximum Gasteiger partial charge on any atom is 0.304 e. The molecule has 1 aromatic heterocycles. The van der Waals surface area contributed by atoms with E-state index < -0.39 is 14.9 Å². The zero-order valence-corrected chi connectivity index (χ0v) is 12.9. The Kier molecular flexibility index (Phi) is 4.31. The van der Waals surface area contributed by atoms with Crippen LogP contribution in [0.1, 0.15) is 26.2 Å². The minimum atomic E-state index is -3.69. The average molecular weight is 319 g/mol. The summed E-state index contributed by atoms with van der Waals surface area (Å²) in [5.74, 6) is 0.508. The number of nitrogens with one attached hydrogen (secondary N) is 2. The first-order valence-corrected chi connectivity index (χ1v) is 8.61. The fraction of sp³-hybridized carbons (Fsp3) is 0.636.